The molecule has 3 unspecified atom stereocenters. The van der Waals surface area contributed by atoms with Crippen molar-refractivity contribution < 1.29 is 19.7 Å². The fourth-order valence-corrected chi connectivity index (χ4v) is 1.49. The molecule has 0 saturated carbocycles. The SMILES string of the molecule is CC(CO)C(CO)OC1CCCCO1. The Bertz CT molecular complexity index is 145. The third kappa shape index (κ3) is 3.53. The molecular formula is C10H20O4. The van der Waals surface area contributed by atoms with Gasteiger partial charge in [0.15, 0.2) is 6.29 Å². The molecule has 84 valence electrons. The average molecular weight is 204 g/mol. The van der Waals surface area contributed by atoms with E-state index in [4.69, 9.17) is 19.7 Å². The molecule has 1 saturated heterocycles. The Hall–Kier alpha value is -0.160. The molecule has 1 rings (SSSR count). The van der Waals surface area contributed by atoms with Gasteiger partial charge >= 0.3 is 0 Å². The van der Waals surface area contributed by atoms with Crippen LogP contribution in [-0.2, 0) is 9.47 Å². The predicted molar refractivity (Wildman–Crippen MR) is 51.8 cm³/mol. The van der Waals surface area contributed by atoms with Crippen LogP contribution in [0.15, 0.2) is 0 Å². The van der Waals surface area contributed by atoms with Gasteiger partial charge in [0.05, 0.1) is 12.7 Å². The van der Waals surface area contributed by atoms with Crippen molar-refractivity contribution in [2.45, 2.75) is 38.6 Å². The molecule has 4 heteroatoms. The highest BCUT2D eigenvalue weighted by molar-refractivity contribution is 4.66. The van der Waals surface area contributed by atoms with Gasteiger partial charge in [0.1, 0.15) is 0 Å². The highest BCUT2D eigenvalue weighted by atomic mass is 16.7. The molecule has 2 N–H and O–H groups in total. The van der Waals surface area contributed by atoms with E-state index in [0.29, 0.717) is 0 Å². The lowest BCUT2D eigenvalue weighted by molar-refractivity contribution is -0.206. The van der Waals surface area contributed by atoms with Gasteiger partial charge in [-0.3, -0.25) is 0 Å². The van der Waals surface area contributed by atoms with Gasteiger partial charge < -0.3 is 19.7 Å². The highest BCUT2D eigenvalue weighted by Crippen LogP contribution is 2.18. The zero-order valence-corrected chi connectivity index (χ0v) is 8.69. The van der Waals surface area contributed by atoms with E-state index < -0.39 is 0 Å². The van der Waals surface area contributed by atoms with Crippen molar-refractivity contribution >= 4 is 0 Å². The van der Waals surface area contributed by atoms with Crippen LogP contribution >= 0.6 is 0 Å². The second-order valence-corrected chi connectivity index (χ2v) is 3.81. The van der Waals surface area contributed by atoms with Crippen LogP contribution in [0.1, 0.15) is 26.2 Å². The van der Waals surface area contributed by atoms with E-state index in [-0.39, 0.29) is 31.5 Å². The van der Waals surface area contributed by atoms with Crippen molar-refractivity contribution in [2.24, 2.45) is 5.92 Å². The Morgan fingerprint density at radius 3 is 2.64 bits per heavy atom. The van der Waals surface area contributed by atoms with E-state index in [9.17, 15) is 0 Å². The van der Waals surface area contributed by atoms with E-state index in [1.165, 1.54) is 0 Å². The zero-order chi connectivity index (χ0) is 10.4. The number of aliphatic hydroxyl groups excluding tert-OH is 2. The van der Waals surface area contributed by atoms with Crippen molar-refractivity contribution in [2.75, 3.05) is 19.8 Å². The van der Waals surface area contributed by atoms with Crippen LogP contribution in [0, 0.1) is 5.92 Å². The second-order valence-electron chi connectivity index (χ2n) is 3.81. The minimum absolute atomic E-state index is 0.0257. The summed E-state index contributed by atoms with van der Waals surface area (Å²) in [5, 5.41) is 18.0. The fraction of sp³-hybridized carbons (Fsp3) is 1.00. The van der Waals surface area contributed by atoms with Crippen LogP contribution in [0.5, 0.6) is 0 Å². The van der Waals surface area contributed by atoms with Crippen molar-refractivity contribution in [3.8, 4) is 0 Å². The van der Waals surface area contributed by atoms with Gasteiger partial charge in [-0.25, -0.2) is 0 Å². The Balaban J connectivity index is 2.30. The number of rotatable bonds is 5. The summed E-state index contributed by atoms with van der Waals surface area (Å²) < 4.78 is 11.0. The monoisotopic (exact) mass is 204 g/mol. The molecule has 0 bridgehead atoms. The van der Waals surface area contributed by atoms with E-state index in [1.807, 2.05) is 6.92 Å². The van der Waals surface area contributed by atoms with Crippen molar-refractivity contribution in [1.82, 2.24) is 0 Å². The quantitative estimate of drug-likeness (QED) is 0.685. The van der Waals surface area contributed by atoms with Crippen LogP contribution < -0.4 is 0 Å². The Morgan fingerprint density at radius 2 is 2.14 bits per heavy atom. The third-order valence-corrected chi connectivity index (χ3v) is 2.57. The summed E-state index contributed by atoms with van der Waals surface area (Å²) >= 11 is 0. The lowest BCUT2D eigenvalue weighted by atomic mass is 10.1. The third-order valence-electron chi connectivity index (χ3n) is 2.57. The summed E-state index contributed by atoms with van der Waals surface area (Å²) in [4.78, 5) is 0. The molecule has 0 spiro atoms. The second kappa shape index (κ2) is 6.35. The fourth-order valence-electron chi connectivity index (χ4n) is 1.49. The van der Waals surface area contributed by atoms with Gasteiger partial charge in [0.25, 0.3) is 0 Å². The molecule has 0 aliphatic carbocycles. The predicted octanol–water partition coefficient (Wildman–Crippen LogP) is 0.519. The van der Waals surface area contributed by atoms with Gasteiger partial charge in [-0.1, -0.05) is 6.92 Å². The zero-order valence-electron chi connectivity index (χ0n) is 8.69. The van der Waals surface area contributed by atoms with E-state index >= 15 is 0 Å². The molecule has 0 aromatic rings. The van der Waals surface area contributed by atoms with Gasteiger partial charge in [0, 0.05) is 19.1 Å². The molecule has 1 heterocycles. The van der Waals surface area contributed by atoms with E-state index in [1.54, 1.807) is 0 Å². The summed E-state index contributed by atoms with van der Waals surface area (Å²) in [7, 11) is 0. The molecular weight excluding hydrogens is 184 g/mol. The first-order valence-electron chi connectivity index (χ1n) is 5.26. The maximum atomic E-state index is 9.07. The minimum atomic E-state index is -0.317. The van der Waals surface area contributed by atoms with Gasteiger partial charge in [0.2, 0.25) is 0 Å². The molecule has 4 nitrogen and oxygen atoms in total. The standard InChI is InChI=1S/C10H20O4/c1-8(6-11)9(7-12)14-10-4-2-3-5-13-10/h8-12H,2-7H2,1H3. The van der Waals surface area contributed by atoms with E-state index in [2.05, 4.69) is 0 Å². The van der Waals surface area contributed by atoms with Crippen molar-refractivity contribution in [1.29, 1.82) is 0 Å². The smallest absolute Gasteiger partial charge is 0.158 e. The molecule has 1 fully saturated rings. The van der Waals surface area contributed by atoms with Crippen LogP contribution in [0.25, 0.3) is 0 Å². The molecule has 0 amide bonds. The first-order valence-corrected chi connectivity index (χ1v) is 5.26. The normalized spacial score (nSPS) is 27.2. The Morgan fingerprint density at radius 1 is 1.36 bits per heavy atom. The summed E-state index contributed by atoms with van der Waals surface area (Å²) in [6.07, 6.45) is 2.56. The van der Waals surface area contributed by atoms with Crippen LogP contribution in [0.3, 0.4) is 0 Å². The van der Waals surface area contributed by atoms with Gasteiger partial charge in [-0.05, 0) is 19.3 Å². The van der Waals surface area contributed by atoms with Crippen LogP contribution in [0.4, 0.5) is 0 Å². The lowest BCUT2D eigenvalue weighted by Gasteiger charge is -2.29. The van der Waals surface area contributed by atoms with Crippen LogP contribution in [0.2, 0.25) is 0 Å². The number of hydrogen-bond acceptors (Lipinski definition) is 4. The average Bonchev–Trinajstić information content (AvgIpc) is 2.26. The topological polar surface area (TPSA) is 58.9 Å². The maximum Gasteiger partial charge on any atom is 0.158 e. The molecule has 1 aliphatic rings. The van der Waals surface area contributed by atoms with Crippen molar-refractivity contribution in [3.63, 3.8) is 0 Å². The molecule has 3 atom stereocenters. The Labute approximate surface area is 84.8 Å². The van der Waals surface area contributed by atoms with Gasteiger partial charge in [-0.2, -0.15) is 0 Å². The minimum Gasteiger partial charge on any atom is -0.396 e. The van der Waals surface area contributed by atoms with Gasteiger partial charge in [-0.15, -0.1) is 0 Å². The maximum absolute atomic E-state index is 9.07. The highest BCUT2D eigenvalue weighted by Gasteiger charge is 2.23. The summed E-state index contributed by atoms with van der Waals surface area (Å²) in [5.74, 6) is -0.0504. The number of hydrogen-bond donors (Lipinski definition) is 2. The summed E-state index contributed by atoms with van der Waals surface area (Å²) in [5.41, 5.74) is 0. The van der Waals surface area contributed by atoms with E-state index in [0.717, 1.165) is 25.9 Å². The molecule has 0 radical (unpaired) electrons. The largest absolute Gasteiger partial charge is 0.396 e. The molecule has 14 heavy (non-hydrogen) atoms. The summed E-state index contributed by atoms with van der Waals surface area (Å²) in [6.45, 7) is 2.54. The number of aliphatic hydroxyl groups is 2. The number of ether oxygens (including phenoxy) is 2. The van der Waals surface area contributed by atoms with Crippen LogP contribution in [-0.4, -0.2) is 42.4 Å². The lowest BCUT2D eigenvalue weighted by Crippen LogP contribution is -2.35. The molecule has 1 aliphatic heterocycles. The first-order chi connectivity index (χ1) is 6.77. The summed E-state index contributed by atoms with van der Waals surface area (Å²) in [6, 6.07) is 0. The van der Waals surface area contributed by atoms with Crippen molar-refractivity contribution in [3.05, 3.63) is 0 Å². The Kier molecular flexibility index (Phi) is 5.40. The molecule has 0 aromatic carbocycles. The first kappa shape index (κ1) is 11.9. The molecule has 0 aromatic heterocycles.